The third-order valence-electron chi connectivity index (χ3n) is 1.65. The zero-order chi connectivity index (χ0) is 12.7. The molecule has 6 heteroatoms. The number of hydrogen-bond acceptors (Lipinski definition) is 3. The van der Waals surface area contributed by atoms with E-state index in [0.717, 1.165) is 10.7 Å². The van der Waals surface area contributed by atoms with Gasteiger partial charge in [-0.25, -0.2) is 13.1 Å². The molecule has 0 heterocycles. The van der Waals surface area contributed by atoms with E-state index in [9.17, 15) is 8.42 Å². The molecular formula is C11H12BrNO3S. The van der Waals surface area contributed by atoms with Gasteiger partial charge in [-0.15, -0.1) is 0 Å². The highest BCUT2D eigenvalue weighted by Gasteiger charge is 1.95. The van der Waals surface area contributed by atoms with Gasteiger partial charge >= 0.3 is 0 Å². The second-order valence-electron chi connectivity index (χ2n) is 3.19. The van der Waals surface area contributed by atoms with Crippen LogP contribution in [0.1, 0.15) is 0 Å². The monoisotopic (exact) mass is 317 g/mol. The van der Waals surface area contributed by atoms with Crippen molar-refractivity contribution in [3.63, 3.8) is 0 Å². The van der Waals surface area contributed by atoms with Crippen LogP contribution in [0, 0.1) is 11.8 Å². The van der Waals surface area contributed by atoms with Crippen LogP contribution in [0.25, 0.3) is 0 Å². The van der Waals surface area contributed by atoms with Gasteiger partial charge in [-0.3, -0.25) is 0 Å². The topological polar surface area (TPSA) is 55.4 Å². The van der Waals surface area contributed by atoms with E-state index in [0.29, 0.717) is 5.75 Å². The zero-order valence-electron chi connectivity index (χ0n) is 9.23. The van der Waals surface area contributed by atoms with Crippen LogP contribution in [0.15, 0.2) is 28.7 Å². The van der Waals surface area contributed by atoms with Crippen LogP contribution in [0.3, 0.4) is 0 Å². The van der Waals surface area contributed by atoms with E-state index in [1.165, 1.54) is 0 Å². The summed E-state index contributed by atoms with van der Waals surface area (Å²) in [5.74, 6) is 6.07. The maximum atomic E-state index is 10.7. The minimum absolute atomic E-state index is 0.0979. The normalized spacial score (nSPS) is 10.5. The predicted molar refractivity (Wildman–Crippen MR) is 70.3 cm³/mol. The predicted octanol–water partition coefficient (Wildman–Crippen LogP) is 1.38. The smallest absolute Gasteiger partial charge is 0.209 e. The number of hydrogen-bond donors (Lipinski definition) is 1. The van der Waals surface area contributed by atoms with E-state index in [4.69, 9.17) is 4.74 Å². The fraction of sp³-hybridized carbons (Fsp3) is 0.273. The maximum absolute atomic E-state index is 10.7. The Morgan fingerprint density at radius 1 is 1.41 bits per heavy atom. The van der Waals surface area contributed by atoms with Gasteiger partial charge in [0.05, 0.1) is 12.8 Å². The Morgan fingerprint density at radius 3 is 2.82 bits per heavy atom. The molecule has 1 aromatic rings. The Bertz CT molecular complexity index is 531. The molecule has 92 valence electrons. The van der Waals surface area contributed by atoms with Crippen molar-refractivity contribution >= 4 is 26.0 Å². The average Bonchev–Trinajstić information content (AvgIpc) is 2.22. The molecule has 0 radical (unpaired) electrons. The molecule has 0 unspecified atom stereocenters. The fourth-order valence-electron chi connectivity index (χ4n) is 0.957. The second kappa shape index (κ2) is 6.64. The summed E-state index contributed by atoms with van der Waals surface area (Å²) in [5.41, 5.74) is 0. The number of rotatable bonds is 4. The summed E-state index contributed by atoms with van der Waals surface area (Å²) >= 11 is 3.33. The van der Waals surface area contributed by atoms with Crippen molar-refractivity contribution in [2.45, 2.75) is 0 Å². The molecule has 0 aromatic heterocycles. The summed E-state index contributed by atoms with van der Waals surface area (Å²) < 4.78 is 30.0. The van der Waals surface area contributed by atoms with Gasteiger partial charge in [0.1, 0.15) is 12.4 Å². The van der Waals surface area contributed by atoms with Gasteiger partial charge in [0.15, 0.2) is 0 Å². The highest BCUT2D eigenvalue weighted by atomic mass is 79.9. The lowest BCUT2D eigenvalue weighted by Crippen LogP contribution is -2.21. The van der Waals surface area contributed by atoms with Gasteiger partial charge in [0, 0.05) is 4.47 Å². The molecule has 0 atom stereocenters. The highest BCUT2D eigenvalue weighted by molar-refractivity contribution is 9.10. The maximum Gasteiger partial charge on any atom is 0.209 e. The minimum atomic E-state index is -3.17. The number of halogens is 1. The van der Waals surface area contributed by atoms with Crippen LogP contribution >= 0.6 is 15.9 Å². The van der Waals surface area contributed by atoms with Crippen LogP contribution in [0.5, 0.6) is 5.75 Å². The molecule has 0 saturated carbocycles. The first-order chi connectivity index (χ1) is 7.97. The standard InChI is InChI=1S/C11H12BrNO3S/c1-17(14,15)13-7-2-3-8-16-11-6-4-5-10(12)9-11/h4-6,9,13H,7-8H2,1H3. The van der Waals surface area contributed by atoms with Crippen molar-refractivity contribution in [2.75, 3.05) is 19.4 Å². The first-order valence-electron chi connectivity index (χ1n) is 4.76. The molecule has 0 bridgehead atoms. The minimum Gasteiger partial charge on any atom is -0.481 e. The summed E-state index contributed by atoms with van der Waals surface area (Å²) in [6.07, 6.45) is 1.09. The molecule has 0 aliphatic heterocycles. The van der Waals surface area contributed by atoms with Gasteiger partial charge in [0.2, 0.25) is 10.0 Å². The molecule has 0 spiro atoms. The van der Waals surface area contributed by atoms with E-state index in [1.54, 1.807) is 0 Å². The molecule has 0 aliphatic rings. The van der Waals surface area contributed by atoms with Crippen molar-refractivity contribution < 1.29 is 13.2 Å². The molecule has 1 rings (SSSR count). The van der Waals surface area contributed by atoms with E-state index in [1.807, 2.05) is 24.3 Å². The number of ether oxygens (including phenoxy) is 1. The lowest BCUT2D eigenvalue weighted by molar-refractivity contribution is 0.370. The van der Waals surface area contributed by atoms with Gasteiger partial charge in [-0.1, -0.05) is 33.8 Å². The molecular weight excluding hydrogens is 306 g/mol. The van der Waals surface area contributed by atoms with Crippen LogP contribution in [0.4, 0.5) is 0 Å². The Labute approximate surface area is 110 Å². The van der Waals surface area contributed by atoms with E-state index >= 15 is 0 Å². The van der Waals surface area contributed by atoms with Crippen LogP contribution in [0.2, 0.25) is 0 Å². The summed E-state index contributed by atoms with van der Waals surface area (Å²) in [5, 5.41) is 0. The largest absolute Gasteiger partial charge is 0.481 e. The first kappa shape index (κ1) is 14.0. The Balaban J connectivity index is 2.31. The van der Waals surface area contributed by atoms with E-state index in [2.05, 4.69) is 32.5 Å². The molecule has 0 aliphatic carbocycles. The van der Waals surface area contributed by atoms with Gasteiger partial charge in [-0.2, -0.15) is 0 Å². The Morgan fingerprint density at radius 2 is 2.18 bits per heavy atom. The third-order valence-corrected chi connectivity index (χ3v) is 2.82. The van der Waals surface area contributed by atoms with E-state index < -0.39 is 10.0 Å². The number of sulfonamides is 1. The summed E-state index contributed by atoms with van der Waals surface area (Å²) in [6.45, 7) is 0.322. The van der Waals surface area contributed by atoms with Crippen molar-refractivity contribution in [3.8, 4) is 17.6 Å². The third kappa shape index (κ3) is 7.00. The van der Waals surface area contributed by atoms with Gasteiger partial charge in [-0.05, 0) is 18.2 Å². The summed E-state index contributed by atoms with van der Waals surface area (Å²) in [4.78, 5) is 0. The van der Waals surface area contributed by atoms with Crippen LogP contribution < -0.4 is 9.46 Å². The molecule has 1 aromatic carbocycles. The van der Waals surface area contributed by atoms with Crippen molar-refractivity contribution in [1.29, 1.82) is 0 Å². The summed E-state index contributed by atoms with van der Waals surface area (Å²) in [7, 11) is -3.17. The lowest BCUT2D eigenvalue weighted by atomic mass is 10.3. The van der Waals surface area contributed by atoms with Crippen molar-refractivity contribution in [1.82, 2.24) is 4.72 Å². The zero-order valence-corrected chi connectivity index (χ0v) is 11.6. The molecule has 17 heavy (non-hydrogen) atoms. The highest BCUT2D eigenvalue weighted by Crippen LogP contribution is 2.17. The van der Waals surface area contributed by atoms with E-state index in [-0.39, 0.29) is 13.2 Å². The first-order valence-corrected chi connectivity index (χ1v) is 7.44. The molecule has 4 nitrogen and oxygen atoms in total. The van der Waals surface area contributed by atoms with Gasteiger partial charge < -0.3 is 4.74 Å². The SMILES string of the molecule is CS(=O)(=O)NCC#CCOc1cccc(Br)c1. The molecule has 0 saturated heterocycles. The van der Waals surface area contributed by atoms with Crippen LogP contribution in [-0.2, 0) is 10.0 Å². The fourth-order valence-corrected chi connectivity index (χ4v) is 1.67. The summed E-state index contributed by atoms with van der Waals surface area (Å²) in [6, 6.07) is 7.41. The van der Waals surface area contributed by atoms with Gasteiger partial charge in [0.25, 0.3) is 0 Å². The molecule has 1 N–H and O–H groups in total. The number of nitrogens with one attached hydrogen (secondary N) is 1. The molecule has 0 fully saturated rings. The molecule has 0 amide bonds. The van der Waals surface area contributed by atoms with Crippen molar-refractivity contribution in [3.05, 3.63) is 28.7 Å². The number of benzene rings is 1. The van der Waals surface area contributed by atoms with Crippen LogP contribution in [-0.4, -0.2) is 27.8 Å². The lowest BCUT2D eigenvalue weighted by Gasteiger charge is -2.01. The average molecular weight is 318 g/mol. The Hall–Kier alpha value is -1.03. The quantitative estimate of drug-likeness (QED) is 0.854. The second-order valence-corrected chi connectivity index (χ2v) is 5.94. The Kier molecular flexibility index (Phi) is 5.48. The van der Waals surface area contributed by atoms with Crippen molar-refractivity contribution in [2.24, 2.45) is 0 Å².